The minimum absolute atomic E-state index is 0.0780. The molecule has 2 N–H and O–H groups in total. The number of hydrogen-bond donors (Lipinski definition) is 1. The summed E-state index contributed by atoms with van der Waals surface area (Å²) in [7, 11) is 0. The van der Waals surface area contributed by atoms with E-state index in [2.05, 4.69) is 0 Å². The van der Waals surface area contributed by atoms with Gasteiger partial charge in [-0.3, -0.25) is 0 Å². The maximum Gasteiger partial charge on any atom is 0.417 e. The van der Waals surface area contributed by atoms with E-state index in [0.29, 0.717) is 0 Å². The minimum Gasteiger partial charge on any atom is -0.322 e. The van der Waals surface area contributed by atoms with Gasteiger partial charge in [-0.1, -0.05) is 17.7 Å². The lowest BCUT2D eigenvalue weighted by atomic mass is 10.1. The van der Waals surface area contributed by atoms with Crippen LogP contribution in [-0.2, 0) is 6.18 Å². The van der Waals surface area contributed by atoms with Crippen molar-refractivity contribution in [2.24, 2.45) is 5.73 Å². The van der Waals surface area contributed by atoms with Crippen LogP contribution in [0.3, 0.4) is 0 Å². The first-order valence-electron chi connectivity index (χ1n) is 4.04. The Hall–Kier alpha value is -0.810. The second-order valence-electron chi connectivity index (χ2n) is 3.00. The summed E-state index contributed by atoms with van der Waals surface area (Å²) in [6.45, 7) is -0.918. The van der Waals surface area contributed by atoms with E-state index in [1.54, 1.807) is 0 Å². The number of alkyl halides is 4. The predicted molar refractivity (Wildman–Crippen MR) is 49.4 cm³/mol. The third-order valence-electron chi connectivity index (χ3n) is 1.89. The predicted octanol–water partition coefficient (Wildman–Crippen LogP) is 3.33. The average Bonchev–Trinajstić information content (AvgIpc) is 2.15. The smallest absolute Gasteiger partial charge is 0.322 e. The first kappa shape index (κ1) is 12.3. The number of rotatable bonds is 2. The highest BCUT2D eigenvalue weighted by atomic mass is 35.5. The van der Waals surface area contributed by atoms with Crippen LogP contribution in [0.4, 0.5) is 17.6 Å². The highest BCUT2D eigenvalue weighted by Crippen LogP contribution is 2.35. The standard InChI is InChI=1S/C9H8ClF4N/c10-7-2-1-5(8(15)4-11)3-6(7)9(12,13)14/h1-3,8H,4,15H2. The van der Waals surface area contributed by atoms with Gasteiger partial charge < -0.3 is 5.73 Å². The zero-order chi connectivity index (χ0) is 11.6. The average molecular weight is 242 g/mol. The summed E-state index contributed by atoms with van der Waals surface area (Å²) in [5.41, 5.74) is 4.35. The summed E-state index contributed by atoms with van der Waals surface area (Å²) < 4.78 is 49.3. The summed E-state index contributed by atoms with van der Waals surface area (Å²) >= 11 is 5.37. The number of halogens is 5. The maximum absolute atomic E-state index is 12.4. The lowest BCUT2D eigenvalue weighted by molar-refractivity contribution is -0.137. The molecule has 0 bridgehead atoms. The molecule has 0 aliphatic carbocycles. The molecule has 1 rings (SSSR count). The van der Waals surface area contributed by atoms with Crippen LogP contribution >= 0.6 is 11.6 Å². The molecule has 0 aromatic heterocycles. The molecule has 15 heavy (non-hydrogen) atoms. The van der Waals surface area contributed by atoms with E-state index in [0.717, 1.165) is 12.1 Å². The summed E-state index contributed by atoms with van der Waals surface area (Å²) in [4.78, 5) is 0. The Morgan fingerprint density at radius 3 is 2.40 bits per heavy atom. The molecule has 0 amide bonds. The van der Waals surface area contributed by atoms with Crippen LogP contribution in [0.25, 0.3) is 0 Å². The van der Waals surface area contributed by atoms with Gasteiger partial charge in [0, 0.05) is 0 Å². The Kier molecular flexibility index (Phi) is 3.57. The minimum atomic E-state index is -4.55. The van der Waals surface area contributed by atoms with Crippen molar-refractivity contribution in [3.63, 3.8) is 0 Å². The summed E-state index contributed by atoms with van der Waals surface area (Å²) in [5.74, 6) is 0. The molecule has 0 saturated carbocycles. The molecule has 0 radical (unpaired) electrons. The third-order valence-corrected chi connectivity index (χ3v) is 2.22. The number of hydrogen-bond acceptors (Lipinski definition) is 1. The third kappa shape index (κ3) is 2.82. The summed E-state index contributed by atoms with van der Waals surface area (Å²) in [6.07, 6.45) is -4.55. The molecule has 1 nitrogen and oxygen atoms in total. The summed E-state index contributed by atoms with van der Waals surface area (Å²) in [5, 5.41) is -0.419. The van der Waals surface area contributed by atoms with Gasteiger partial charge in [-0.25, -0.2) is 4.39 Å². The highest BCUT2D eigenvalue weighted by molar-refractivity contribution is 6.31. The van der Waals surface area contributed by atoms with Crippen LogP contribution < -0.4 is 5.73 Å². The van der Waals surface area contributed by atoms with Crippen molar-refractivity contribution in [3.05, 3.63) is 34.3 Å². The first-order chi connectivity index (χ1) is 6.86. The fourth-order valence-electron chi connectivity index (χ4n) is 1.08. The van der Waals surface area contributed by atoms with E-state index < -0.39 is 29.5 Å². The van der Waals surface area contributed by atoms with Crippen molar-refractivity contribution in [1.82, 2.24) is 0 Å². The molecule has 0 spiro atoms. The van der Waals surface area contributed by atoms with Crippen molar-refractivity contribution in [2.45, 2.75) is 12.2 Å². The molecule has 1 unspecified atom stereocenters. The molecule has 6 heteroatoms. The van der Waals surface area contributed by atoms with Crippen LogP contribution in [0.5, 0.6) is 0 Å². The molecule has 84 valence electrons. The lowest BCUT2D eigenvalue weighted by Crippen LogP contribution is -2.14. The second-order valence-corrected chi connectivity index (χ2v) is 3.41. The maximum atomic E-state index is 12.4. The first-order valence-corrected chi connectivity index (χ1v) is 4.42. The SMILES string of the molecule is NC(CF)c1ccc(Cl)c(C(F)(F)F)c1. The normalized spacial score (nSPS) is 14.0. The highest BCUT2D eigenvalue weighted by Gasteiger charge is 2.33. The van der Waals surface area contributed by atoms with Gasteiger partial charge in [0.25, 0.3) is 0 Å². The van der Waals surface area contributed by atoms with E-state index in [9.17, 15) is 17.6 Å². The van der Waals surface area contributed by atoms with E-state index in [4.69, 9.17) is 17.3 Å². The molecular weight excluding hydrogens is 234 g/mol. The van der Waals surface area contributed by atoms with Gasteiger partial charge in [-0.05, 0) is 17.7 Å². The zero-order valence-electron chi connectivity index (χ0n) is 7.48. The van der Waals surface area contributed by atoms with Gasteiger partial charge in [0.1, 0.15) is 6.67 Å². The number of nitrogens with two attached hydrogens (primary N) is 1. The van der Waals surface area contributed by atoms with E-state index in [1.165, 1.54) is 6.07 Å². The van der Waals surface area contributed by atoms with Crippen molar-refractivity contribution < 1.29 is 17.6 Å². The summed E-state index contributed by atoms with van der Waals surface area (Å²) in [6, 6.07) is 2.06. The van der Waals surface area contributed by atoms with Gasteiger partial charge in [0.2, 0.25) is 0 Å². The molecule has 1 aromatic rings. The van der Waals surface area contributed by atoms with Crippen LogP contribution in [0.1, 0.15) is 17.2 Å². The van der Waals surface area contributed by atoms with E-state index in [1.807, 2.05) is 0 Å². The molecular formula is C9H8ClF4N. The van der Waals surface area contributed by atoms with Crippen LogP contribution in [0.2, 0.25) is 5.02 Å². The lowest BCUT2D eigenvalue weighted by Gasteiger charge is -2.13. The van der Waals surface area contributed by atoms with Gasteiger partial charge in [-0.15, -0.1) is 0 Å². The van der Waals surface area contributed by atoms with E-state index in [-0.39, 0.29) is 5.56 Å². The van der Waals surface area contributed by atoms with Crippen LogP contribution in [-0.4, -0.2) is 6.67 Å². The van der Waals surface area contributed by atoms with E-state index >= 15 is 0 Å². The molecule has 0 aliphatic rings. The van der Waals surface area contributed by atoms with Gasteiger partial charge >= 0.3 is 6.18 Å². The van der Waals surface area contributed by atoms with Crippen molar-refractivity contribution in [2.75, 3.05) is 6.67 Å². The largest absolute Gasteiger partial charge is 0.417 e. The Labute approximate surface area is 88.8 Å². The Balaban J connectivity index is 3.17. The molecule has 0 fully saturated rings. The van der Waals surface area contributed by atoms with Gasteiger partial charge in [-0.2, -0.15) is 13.2 Å². The molecule has 0 heterocycles. The monoisotopic (exact) mass is 241 g/mol. The number of benzene rings is 1. The van der Waals surface area contributed by atoms with Gasteiger partial charge in [0.05, 0.1) is 16.6 Å². The van der Waals surface area contributed by atoms with Crippen molar-refractivity contribution in [3.8, 4) is 0 Å². The zero-order valence-corrected chi connectivity index (χ0v) is 8.24. The molecule has 1 atom stereocenters. The van der Waals surface area contributed by atoms with Crippen molar-refractivity contribution in [1.29, 1.82) is 0 Å². The molecule has 0 saturated heterocycles. The molecule has 0 aliphatic heterocycles. The fraction of sp³-hybridized carbons (Fsp3) is 0.333. The second kappa shape index (κ2) is 4.37. The van der Waals surface area contributed by atoms with Crippen LogP contribution in [0.15, 0.2) is 18.2 Å². The fourth-order valence-corrected chi connectivity index (χ4v) is 1.30. The Morgan fingerprint density at radius 2 is 1.93 bits per heavy atom. The quantitative estimate of drug-likeness (QED) is 0.790. The Morgan fingerprint density at radius 1 is 1.33 bits per heavy atom. The van der Waals surface area contributed by atoms with Crippen molar-refractivity contribution >= 4 is 11.6 Å². The topological polar surface area (TPSA) is 26.0 Å². The Bertz CT molecular complexity index is 350. The van der Waals surface area contributed by atoms with Gasteiger partial charge in [0.15, 0.2) is 0 Å². The van der Waals surface area contributed by atoms with Crippen LogP contribution in [0, 0.1) is 0 Å². The molecule has 1 aromatic carbocycles.